The number of nitrogens with one attached hydrogen (secondary N) is 3. The van der Waals surface area contributed by atoms with Gasteiger partial charge >= 0.3 is 0 Å². The van der Waals surface area contributed by atoms with Gasteiger partial charge in [-0.1, -0.05) is 0 Å². The van der Waals surface area contributed by atoms with Crippen LogP contribution in [0, 0.1) is 0 Å². The van der Waals surface area contributed by atoms with E-state index in [-0.39, 0.29) is 5.91 Å². The Bertz CT molecular complexity index is 133. The van der Waals surface area contributed by atoms with Crippen LogP contribution in [-0.4, -0.2) is 31.7 Å². The molecular formula is C6H13N3OS. The molecule has 5 heteroatoms. The molecule has 0 fully saturated rings. The van der Waals surface area contributed by atoms with E-state index in [0.717, 1.165) is 0 Å². The van der Waals surface area contributed by atoms with E-state index in [0.29, 0.717) is 18.1 Å². The molecule has 0 aromatic carbocycles. The Morgan fingerprint density at radius 3 is 2.45 bits per heavy atom. The van der Waals surface area contributed by atoms with E-state index in [1.54, 1.807) is 14.1 Å². The fourth-order valence-corrected chi connectivity index (χ4v) is 0.605. The fraction of sp³-hybridized carbons (Fsp3) is 0.667. The Hall–Kier alpha value is -0.840. The highest BCUT2D eigenvalue weighted by molar-refractivity contribution is 7.80. The molecule has 1 amide bonds. The van der Waals surface area contributed by atoms with Crippen LogP contribution in [0.1, 0.15) is 6.42 Å². The number of hydrogen-bond acceptors (Lipinski definition) is 2. The van der Waals surface area contributed by atoms with Gasteiger partial charge in [-0.05, 0) is 12.2 Å². The molecule has 64 valence electrons. The van der Waals surface area contributed by atoms with Crippen LogP contribution in [0.5, 0.6) is 0 Å². The lowest BCUT2D eigenvalue weighted by molar-refractivity contribution is -0.120. The molecule has 4 nitrogen and oxygen atoms in total. The van der Waals surface area contributed by atoms with Crippen LogP contribution in [0.25, 0.3) is 0 Å². The Morgan fingerprint density at radius 2 is 2.00 bits per heavy atom. The second kappa shape index (κ2) is 5.91. The Morgan fingerprint density at radius 1 is 1.36 bits per heavy atom. The van der Waals surface area contributed by atoms with Crippen molar-refractivity contribution < 1.29 is 4.79 Å². The monoisotopic (exact) mass is 175 g/mol. The topological polar surface area (TPSA) is 53.2 Å². The van der Waals surface area contributed by atoms with Gasteiger partial charge in [0.25, 0.3) is 0 Å². The predicted molar refractivity (Wildman–Crippen MR) is 48.3 cm³/mol. The van der Waals surface area contributed by atoms with Crippen molar-refractivity contribution in [3.8, 4) is 0 Å². The number of carbonyl (C=O) groups excluding carboxylic acids is 1. The van der Waals surface area contributed by atoms with Crippen molar-refractivity contribution in [2.24, 2.45) is 0 Å². The first kappa shape index (κ1) is 10.2. The fourth-order valence-electron chi connectivity index (χ4n) is 0.503. The first-order valence-electron chi connectivity index (χ1n) is 3.37. The van der Waals surface area contributed by atoms with Crippen molar-refractivity contribution in [1.82, 2.24) is 16.0 Å². The van der Waals surface area contributed by atoms with Crippen molar-refractivity contribution in [3.05, 3.63) is 0 Å². The number of rotatable bonds is 3. The SMILES string of the molecule is CNC(=O)CCNC(=S)NC. The maximum atomic E-state index is 10.7. The summed E-state index contributed by atoms with van der Waals surface area (Å²) in [6.07, 6.45) is 0.443. The van der Waals surface area contributed by atoms with Gasteiger partial charge in [-0.15, -0.1) is 0 Å². The molecule has 0 atom stereocenters. The van der Waals surface area contributed by atoms with Gasteiger partial charge in [-0.2, -0.15) is 0 Å². The molecule has 0 bridgehead atoms. The van der Waals surface area contributed by atoms with Crippen LogP contribution >= 0.6 is 12.2 Å². The van der Waals surface area contributed by atoms with Crippen LogP contribution in [0.3, 0.4) is 0 Å². The summed E-state index contributed by atoms with van der Waals surface area (Å²) < 4.78 is 0. The predicted octanol–water partition coefficient (Wildman–Crippen LogP) is -0.784. The molecule has 0 aromatic heterocycles. The van der Waals surface area contributed by atoms with Crippen LogP contribution in [-0.2, 0) is 4.79 Å². The van der Waals surface area contributed by atoms with E-state index >= 15 is 0 Å². The highest BCUT2D eigenvalue weighted by atomic mass is 32.1. The lowest BCUT2D eigenvalue weighted by atomic mass is 10.4. The molecule has 0 aliphatic carbocycles. The zero-order valence-corrected chi connectivity index (χ0v) is 7.55. The molecule has 0 saturated carbocycles. The second-order valence-corrected chi connectivity index (χ2v) is 2.34. The molecule has 0 heterocycles. The first-order chi connectivity index (χ1) is 5.20. The van der Waals surface area contributed by atoms with Crippen molar-refractivity contribution in [2.45, 2.75) is 6.42 Å². The number of thiocarbonyl (C=S) groups is 1. The van der Waals surface area contributed by atoms with E-state index in [1.165, 1.54) is 0 Å². The Labute approximate surface area is 71.7 Å². The number of hydrogen-bond donors (Lipinski definition) is 3. The largest absolute Gasteiger partial charge is 0.366 e. The summed E-state index contributed by atoms with van der Waals surface area (Å²) in [6, 6.07) is 0. The maximum absolute atomic E-state index is 10.7. The summed E-state index contributed by atoms with van der Waals surface area (Å²) in [4.78, 5) is 10.7. The molecule has 0 aliphatic rings. The summed E-state index contributed by atoms with van der Waals surface area (Å²) in [5.74, 6) is 0.0106. The van der Waals surface area contributed by atoms with Crippen LogP contribution < -0.4 is 16.0 Å². The van der Waals surface area contributed by atoms with Crippen molar-refractivity contribution in [2.75, 3.05) is 20.6 Å². The summed E-state index contributed by atoms with van der Waals surface area (Å²) in [5.41, 5.74) is 0. The van der Waals surface area contributed by atoms with Gasteiger partial charge in [0.05, 0.1) is 0 Å². The minimum atomic E-state index is 0.0106. The average molecular weight is 175 g/mol. The van der Waals surface area contributed by atoms with E-state index < -0.39 is 0 Å². The van der Waals surface area contributed by atoms with E-state index in [4.69, 9.17) is 12.2 Å². The van der Waals surface area contributed by atoms with Crippen molar-refractivity contribution in [1.29, 1.82) is 0 Å². The highest BCUT2D eigenvalue weighted by Crippen LogP contribution is 1.74. The molecule has 0 unspecified atom stereocenters. The quantitative estimate of drug-likeness (QED) is 0.492. The maximum Gasteiger partial charge on any atom is 0.221 e. The minimum absolute atomic E-state index is 0.0106. The zero-order chi connectivity index (χ0) is 8.69. The van der Waals surface area contributed by atoms with Crippen LogP contribution in [0.15, 0.2) is 0 Å². The second-order valence-electron chi connectivity index (χ2n) is 1.93. The molecular weight excluding hydrogens is 162 g/mol. The molecule has 3 N–H and O–H groups in total. The van der Waals surface area contributed by atoms with E-state index in [2.05, 4.69) is 16.0 Å². The van der Waals surface area contributed by atoms with Crippen molar-refractivity contribution in [3.63, 3.8) is 0 Å². The molecule has 0 aromatic rings. The van der Waals surface area contributed by atoms with Gasteiger partial charge in [0.15, 0.2) is 5.11 Å². The highest BCUT2D eigenvalue weighted by Gasteiger charge is 1.96. The lowest BCUT2D eigenvalue weighted by Gasteiger charge is -2.05. The summed E-state index contributed by atoms with van der Waals surface area (Å²) >= 11 is 4.79. The van der Waals surface area contributed by atoms with Crippen molar-refractivity contribution >= 4 is 23.2 Å². The van der Waals surface area contributed by atoms with Crippen LogP contribution in [0.4, 0.5) is 0 Å². The zero-order valence-electron chi connectivity index (χ0n) is 6.73. The molecule has 0 saturated heterocycles. The third kappa shape index (κ3) is 5.60. The summed E-state index contributed by atoms with van der Waals surface area (Å²) in [7, 11) is 3.34. The molecule has 0 spiro atoms. The summed E-state index contributed by atoms with van der Waals surface area (Å²) in [5, 5.41) is 8.68. The smallest absolute Gasteiger partial charge is 0.221 e. The Balaban J connectivity index is 3.27. The normalized spacial score (nSPS) is 8.55. The van der Waals surface area contributed by atoms with Gasteiger partial charge in [-0.3, -0.25) is 4.79 Å². The van der Waals surface area contributed by atoms with Gasteiger partial charge in [0, 0.05) is 27.1 Å². The van der Waals surface area contributed by atoms with E-state index in [1.807, 2.05) is 0 Å². The third-order valence-corrected chi connectivity index (χ3v) is 1.49. The van der Waals surface area contributed by atoms with E-state index in [9.17, 15) is 4.79 Å². The third-order valence-electron chi connectivity index (χ3n) is 1.14. The molecule has 0 rings (SSSR count). The van der Waals surface area contributed by atoms with Crippen LogP contribution in [0.2, 0.25) is 0 Å². The first-order valence-corrected chi connectivity index (χ1v) is 3.77. The van der Waals surface area contributed by atoms with Gasteiger partial charge in [0.2, 0.25) is 5.91 Å². The summed E-state index contributed by atoms with van der Waals surface area (Å²) in [6.45, 7) is 0.569. The molecule has 0 radical (unpaired) electrons. The molecule has 0 aliphatic heterocycles. The van der Waals surface area contributed by atoms with Gasteiger partial charge < -0.3 is 16.0 Å². The van der Waals surface area contributed by atoms with Gasteiger partial charge in [0.1, 0.15) is 0 Å². The Kier molecular flexibility index (Phi) is 5.46. The molecule has 11 heavy (non-hydrogen) atoms. The average Bonchev–Trinajstić information content (AvgIpc) is 2.04. The number of carbonyl (C=O) groups is 1. The number of amides is 1. The minimum Gasteiger partial charge on any atom is -0.366 e. The lowest BCUT2D eigenvalue weighted by Crippen LogP contribution is -2.35. The van der Waals surface area contributed by atoms with Gasteiger partial charge in [-0.25, -0.2) is 0 Å². The standard InChI is InChI=1S/C6H13N3OS/c1-7-5(10)3-4-9-6(11)8-2/h3-4H2,1-2H3,(H,7,10)(H2,8,9,11).